The minimum atomic E-state index is -0.607. The highest BCUT2D eigenvalue weighted by atomic mass is 35.5. The lowest BCUT2D eigenvalue weighted by atomic mass is 10.1. The molecule has 0 radical (unpaired) electrons. The number of thiophene rings is 1. The second kappa shape index (κ2) is 11.5. The number of halogens is 2. The fourth-order valence-corrected chi connectivity index (χ4v) is 6.17. The predicted molar refractivity (Wildman–Crippen MR) is 157 cm³/mol. The molecule has 13 heteroatoms. The Bertz CT molecular complexity index is 1640. The number of nitrogens with one attached hydrogen (secondary N) is 2. The predicted octanol–water partition coefficient (Wildman–Crippen LogP) is 6.29. The molecule has 4 aromatic rings. The number of hydrogen-bond donors (Lipinski definition) is 2. The van der Waals surface area contributed by atoms with Crippen molar-refractivity contribution in [2.75, 3.05) is 48.9 Å². The van der Waals surface area contributed by atoms with Crippen LogP contribution in [0.15, 0.2) is 42.7 Å². The Kier molecular flexibility index (Phi) is 7.61. The summed E-state index contributed by atoms with van der Waals surface area (Å²) >= 11 is 7.08. The maximum absolute atomic E-state index is 13.8. The number of aromatic nitrogens is 2. The first kappa shape index (κ1) is 27.2. The molecule has 2 aromatic carbocycles. The number of urea groups is 1. The van der Waals surface area contributed by atoms with Crippen molar-refractivity contribution in [3.8, 4) is 11.5 Å². The van der Waals surface area contributed by atoms with Crippen molar-refractivity contribution in [2.24, 2.45) is 0 Å². The smallest absolute Gasteiger partial charge is 0.332 e. The van der Waals surface area contributed by atoms with Gasteiger partial charge in [0, 0.05) is 18.3 Å². The standard InChI is InChI=1S/C28H26ClFN6O4S/c1-39-21-13-16(5-8-20(21)40-12-11-35-9-3-2-4-10-35)33-26(37)24-23-22-25(31-15-32-27(22)41-24)36(28(38)34-23)17-6-7-19(30)18(29)14-17/h5-8,13-15H,2-4,9-12H2,1H3,(H,33,37)(H,34,38). The Labute approximate surface area is 244 Å². The highest BCUT2D eigenvalue weighted by molar-refractivity contribution is 7.21. The maximum atomic E-state index is 13.8. The summed E-state index contributed by atoms with van der Waals surface area (Å²) in [6.45, 7) is 3.57. The van der Waals surface area contributed by atoms with E-state index in [9.17, 15) is 14.0 Å². The number of ether oxygens (including phenoxy) is 2. The zero-order chi connectivity index (χ0) is 28.5. The zero-order valence-electron chi connectivity index (χ0n) is 22.1. The molecule has 0 aliphatic carbocycles. The van der Waals surface area contributed by atoms with E-state index in [-0.39, 0.29) is 15.7 Å². The number of methoxy groups -OCH3 is 1. The summed E-state index contributed by atoms with van der Waals surface area (Å²) in [5.41, 5.74) is 1.12. The number of piperidine rings is 1. The van der Waals surface area contributed by atoms with Crippen LogP contribution in [-0.4, -0.2) is 60.2 Å². The van der Waals surface area contributed by atoms with Gasteiger partial charge < -0.3 is 20.1 Å². The lowest BCUT2D eigenvalue weighted by Gasteiger charge is -2.27. The maximum Gasteiger partial charge on any atom is 0.332 e. The van der Waals surface area contributed by atoms with Crippen LogP contribution in [0.5, 0.6) is 11.5 Å². The Balaban J connectivity index is 1.22. The third-order valence-corrected chi connectivity index (χ3v) is 8.40. The number of anilines is 4. The van der Waals surface area contributed by atoms with E-state index in [1.807, 2.05) is 0 Å². The molecule has 6 rings (SSSR count). The number of amides is 3. The van der Waals surface area contributed by atoms with Gasteiger partial charge in [0.15, 0.2) is 17.3 Å². The Morgan fingerprint density at radius 2 is 1.98 bits per heavy atom. The van der Waals surface area contributed by atoms with Crippen LogP contribution in [0, 0.1) is 5.82 Å². The first-order valence-electron chi connectivity index (χ1n) is 13.1. The fourth-order valence-electron chi connectivity index (χ4n) is 5.01. The molecule has 3 amide bonds. The summed E-state index contributed by atoms with van der Waals surface area (Å²) < 4.78 is 25.2. The van der Waals surface area contributed by atoms with Gasteiger partial charge in [0.05, 0.1) is 28.9 Å². The third kappa shape index (κ3) is 5.37. The molecule has 2 N–H and O–H groups in total. The molecule has 1 fully saturated rings. The van der Waals surface area contributed by atoms with Gasteiger partial charge in [-0.05, 0) is 56.3 Å². The van der Waals surface area contributed by atoms with Crippen LogP contribution in [0.4, 0.5) is 32.1 Å². The van der Waals surface area contributed by atoms with Gasteiger partial charge in [0.2, 0.25) is 0 Å². The molecule has 0 atom stereocenters. The van der Waals surface area contributed by atoms with Crippen LogP contribution >= 0.6 is 22.9 Å². The third-order valence-electron chi connectivity index (χ3n) is 7.02. The molecule has 212 valence electrons. The van der Waals surface area contributed by atoms with E-state index in [0.29, 0.717) is 45.4 Å². The summed E-state index contributed by atoms with van der Waals surface area (Å²) in [6, 6.07) is 8.55. The average Bonchev–Trinajstić information content (AvgIpc) is 3.35. The van der Waals surface area contributed by atoms with Crippen molar-refractivity contribution in [2.45, 2.75) is 19.3 Å². The van der Waals surface area contributed by atoms with Crippen molar-refractivity contribution >= 4 is 68.0 Å². The van der Waals surface area contributed by atoms with E-state index in [1.165, 1.54) is 48.7 Å². The van der Waals surface area contributed by atoms with Gasteiger partial charge in [-0.25, -0.2) is 24.1 Å². The second-order valence-electron chi connectivity index (χ2n) is 9.62. The monoisotopic (exact) mass is 596 g/mol. The summed E-state index contributed by atoms with van der Waals surface area (Å²) in [6.07, 6.45) is 5.04. The Hall–Kier alpha value is -4.00. The molecular formula is C28H26ClFN6O4S. The largest absolute Gasteiger partial charge is 0.493 e. The minimum Gasteiger partial charge on any atom is -0.493 e. The quantitative estimate of drug-likeness (QED) is 0.246. The number of benzene rings is 2. The van der Waals surface area contributed by atoms with E-state index < -0.39 is 17.8 Å². The fraction of sp³-hybridized carbons (Fsp3) is 0.286. The molecule has 2 aliphatic rings. The van der Waals surface area contributed by atoms with Crippen molar-refractivity contribution in [1.82, 2.24) is 14.9 Å². The van der Waals surface area contributed by atoms with E-state index in [2.05, 4.69) is 25.5 Å². The first-order valence-corrected chi connectivity index (χ1v) is 14.3. The van der Waals surface area contributed by atoms with Crippen LogP contribution in [0.2, 0.25) is 5.02 Å². The van der Waals surface area contributed by atoms with Gasteiger partial charge in [0.1, 0.15) is 28.5 Å². The number of likely N-dealkylation sites (tertiary alicyclic amines) is 1. The summed E-state index contributed by atoms with van der Waals surface area (Å²) in [4.78, 5) is 39.6. The molecule has 0 unspecified atom stereocenters. The average molecular weight is 597 g/mol. The lowest BCUT2D eigenvalue weighted by molar-refractivity contribution is 0.103. The van der Waals surface area contributed by atoms with E-state index in [1.54, 1.807) is 25.3 Å². The highest BCUT2D eigenvalue weighted by Crippen LogP contribution is 2.45. The van der Waals surface area contributed by atoms with E-state index in [4.69, 9.17) is 21.1 Å². The topological polar surface area (TPSA) is 109 Å². The molecule has 10 nitrogen and oxygen atoms in total. The van der Waals surface area contributed by atoms with Crippen LogP contribution in [0.1, 0.15) is 28.9 Å². The van der Waals surface area contributed by atoms with Gasteiger partial charge in [0.25, 0.3) is 5.91 Å². The van der Waals surface area contributed by atoms with Crippen LogP contribution < -0.4 is 25.0 Å². The summed E-state index contributed by atoms with van der Waals surface area (Å²) in [7, 11) is 1.55. The molecule has 4 heterocycles. The van der Waals surface area contributed by atoms with Crippen LogP contribution in [0.3, 0.4) is 0 Å². The van der Waals surface area contributed by atoms with Gasteiger partial charge in [-0.1, -0.05) is 18.0 Å². The molecular weight excluding hydrogens is 571 g/mol. The first-order chi connectivity index (χ1) is 19.9. The number of rotatable bonds is 8. The number of hydrogen-bond acceptors (Lipinski definition) is 8. The van der Waals surface area contributed by atoms with Crippen LogP contribution in [0.25, 0.3) is 10.2 Å². The summed E-state index contributed by atoms with van der Waals surface area (Å²) in [5, 5.41) is 6.01. The number of carbonyl (C=O) groups excluding carboxylic acids is 2. The van der Waals surface area contributed by atoms with Crippen molar-refractivity contribution in [3.63, 3.8) is 0 Å². The minimum absolute atomic E-state index is 0.134. The van der Waals surface area contributed by atoms with Gasteiger partial charge in [-0.3, -0.25) is 9.69 Å². The second-order valence-corrected chi connectivity index (χ2v) is 11.0. The molecule has 2 aliphatic heterocycles. The Morgan fingerprint density at radius 3 is 2.76 bits per heavy atom. The molecule has 2 aromatic heterocycles. The normalized spacial score (nSPS) is 15.1. The number of nitrogens with zero attached hydrogens (tertiary/aromatic N) is 4. The van der Waals surface area contributed by atoms with E-state index in [0.717, 1.165) is 31.0 Å². The molecule has 41 heavy (non-hydrogen) atoms. The SMILES string of the molecule is COc1cc(NC(=O)c2sc3ncnc4c3c2NC(=O)N4c2ccc(F)c(Cl)c2)ccc1OCCN1CCCCC1. The molecule has 0 saturated carbocycles. The van der Waals surface area contributed by atoms with Crippen molar-refractivity contribution in [3.05, 3.63) is 58.4 Å². The summed E-state index contributed by atoms with van der Waals surface area (Å²) in [5.74, 6) is 0.305. The van der Waals surface area contributed by atoms with Crippen molar-refractivity contribution < 1.29 is 23.5 Å². The Morgan fingerprint density at radius 1 is 1.15 bits per heavy atom. The molecule has 0 bridgehead atoms. The molecule has 0 spiro atoms. The van der Waals surface area contributed by atoms with Gasteiger partial charge in [-0.2, -0.15) is 0 Å². The van der Waals surface area contributed by atoms with Gasteiger partial charge >= 0.3 is 6.03 Å². The van der Waals surface area contributed by atoms with Crippen LogP contribution in [-0.2, 0) is 0 Å². The highest BCUT2D eigenvalue weighted by Gasteiger charge is 2.34. The van der Waals surface area contributed by atoms with Gasteiger partial charge in [-0.15, -0.1) is 11.3 Å². The van der Waals surface area contributed by atoms with Crippen molar-refractivity contribution in [1.29, 1.82) is 0 Å². The van der Waals surface area contributed by atoms with E-state index >= 15 is 0 Å². The zero-order valence-corrected chi connectivity index (χ0v) is 23.6. The number of carbonyl (C=O) groups is 2. The molecule has 1 saturated heterocycles. The lowest BCUT2D eigenvalue weighted by Crippen LogP contribution is -2.35.